The number of carbonyl (C=O) groups is 1. The van der Waals surface area contributed by atoms with Crippen molar-refractivity contribution in [2.75, 3.05) is 18.0 Å². The summed E-state index contributed by atoms with van der Waals surface area (Å²) in [5, 5.41) is 14.1. The molecule has 0 spiro atoms. The topological polar surface area (TPSA) is 55.4 Å². The minimum absolute atomic E-state index is 0.227. The zero-order valence-corrected chi connectivity index (χ0v) is 10.1. The molecule has 0 aromatic heterocycles. The lowest BCUT2D eigenvalue weighted by molar-refractivity contribution is -0.255. The van der Waals surface area contributed by atoms with Gasteiger partial charge in [0.25, 0.3) is 0 Å². The van der Waals surface area contributed by atoms with Crippen LogP contribution in [0.1, 0.15) is 24.2 Å². The molecule has 1 aromatic rings. The standard InChI is InChI=1S/C13H18N2O2/c1-9-7-15(8-10(2)14-9)12-5-3-11(4-6-12)13(16)17/h3-6,9-10,14H,7-8H2,1-2H3,(H,16,17)/p-1. The molecule has 1 aromatic carbocycles. The first-order valence-corrected chi connectivity index (χ1v) is 5.88. The van der Waals surface area contributed by atoms with Crippen LogP contribution in [-0.2, 0) is 0 Å². The summed E-state index contributed by atoms with van der Waals surface area (Å²) < 4.78 is 0. The first-order valence-electron chi connectivity index (χ1n) is 5.88. The smallest absolute Gasteiger partial charge is 0.0715 e. The Hall–Kier alpha value is -1.55. The van der Waals surface area contributed by atoms with Gasteiger partial charge in [-0.25, -0.2) is 0 Å². The first kappa shape index (κ1) is 11.9. The number of benzene rings is 1. The van der Waals surface area contributed by atoms with Crippen molar-refractivity contribution in [3.8, 4) is 0 Å². The highest BCUT2D eigenvalue weighted by atomic mass is 16.4. The van der Waals surface area contributed by atoms with Crippen molar-refractivity contribution in [1.29, 1.82) is 0 Å². The Kier molecular flexibility index (Phi) is 3.33. The van der Waals surface area contributed by atoms with Crippen molar-refractivity contribution in [3.05, 3.63) is 29.8 Å². The normalized spacial score (nSPS) is 24.7. The molecule has 0 saturated carbocycles. The Morgan fingerprint density at radius 2 is 1.76 bits per heavy atom. The summed E-state index contributed by atoms with van der Waals surface area (Å²) in [6.45, 7) is 6.18. The summed E-state index contributed by atoms with van der Waals surface area (Å²) in [5.41, 5.74) is 1.29. The second kappa shape index (κ2) is 4.75. The number of carbonyl (C=O) groups excluding carboxylic acids is 1. The van der Waals surface area contributed by atoms with E-state index >= 15 is 0 Å². The summed E-state index contributed by atoms with van der Waals surface area (Å²) >= 11 is 0. The molecular formula is C13H17N2O2-. The van der Waals surface area contributed by atoms with Crippen LogP contribution in [0.3, 0.4) is 0 Å². The fourth-order valence-electron chi connectivity index (χ4n) is 2.35. The quantitative estimate of drug-likeness (QED) is 0.795. The van der Waals surface area contributed by atoms with Gasteiger partial charge in [0.15, 0.2) is 0 Å². The number of carboxylic acids is 1. The molecule has 1 saturated heterocycles. The molecule has 2 rings (SSSR count). The molecule has 0 radical (unpaired) electrons. The van der Waals surface area contributed by atoms with Gasteiger partial charge in [0, 0.05) is 30.9 Å². The van der Waals surface area contributed by atoms with Gasteiger partial charge in [-0.2, -0.15) is 0 Å². The number of anilines is 1. The van der Waals surface area contributed by atoms with Crippen molar-refractivity contribution in [3.63, 3.8) is 0 Å². The van der Waals surface area contributed by atoms with Crippen LogP contribution in [0.4, 0.5) is 5.69 Å². The molecule has 2 unspecified atom stereocenters. The lowest BCUT2D eigenvalue weighted by Crippen LogP contribution is -2.54. The SMILES string of the molecule is CC1CN(c2ccc(C(=O)[O-])cc2)CC(C)N1. The van der Waals surface area contributed by atoms with Gasteiger partial charge >= 0.3 is 0 Å². The maximum absolute atomic E-state index is 10.7. The maximum atomic E-state index is 10.7. The lowest BCUT2D eigenvalue weighted by Gasteiger charge is -2.37. The Morgan fingerprint density at radius 1 is 1.24 bits per heavy atom. The summed E-state index contributed by atoms with van der Waals surface area (Å²) in [6, 6.07) is 7.77. The number of hydrogen-bond donors (Lipinski definition) is 1. The largest absolute Gasteiger partial charge is 0.545 e. The zero-order valence-electron chi connectivity index (χ0n) is 10.1. The Morgan fingerprint density at radius 3 is 2.24 bits per heavy atom. The van der Waals surface area contributed by atoms with E-state index in [4.69, 9.17) is 0 Å². The molecule has 4 nitrogen and oxygen atoms in total. The van der Waals surface area contributed by atoms with Crippen LogP contribution in [0, 0.1) is 0 Å². The highest BCUT2D eigenvalue weighted by molar-refractivity contribution is 5.86. The Labute approximate surface area is 101 Å². The summed E-state index contributed by atoms with van der Waals surface area (Å²) in [5.74, 6) is -1.13. The summed E-state index contributed by atoms with van der Waals surface area (Å²) in [6.07, 6.45) is 0. The van der Waals surface area contributed by atoms with Gasteiger partial charge in [0.05, 0.1) is 5.97 Å². The van der Waals surface area contributed by atoms with Crippen LogP contribution < -0.4 is 15.3 Å². The molecule has 0 bridgehead atoms. The fourth-order valence-corrected chi connectivity index (χ4v) is 2.35. The maximum Gasteiger partial charge on any atom is 0.0715 e. The molecular weight excluding hydrogens is 216 g/mol. The second-order valence-electron chi connectivity index (χ2n) is 4.71. The van der Waals surface area contributed by atoms with E-state index in [9.17, 15) is 9.90 Å². The molecule has 17 heavy (non-hydrogen) atoms. The van der Waals surface area contributed by atoms with Crippen molar-refractivity contribution >= 4 is 11.7 Å². The van der Waals surface area contributed by atoms with E-state index in [1.54, 1.807) is 12.1 Å². The third-order valence-electron chi connectivity index (χ3n) is 3.03. The molecule has 0 amide bonds. The third-order valence-corrected chi connectivity index (χ3v) is 3.03. The van der Waals surface area contributed by atoms with Gasteiger partial charge in [-0.3, -0.25) is 0 Å². The van der Waals surface area contributed by atoms with E-state index in [0.717, 1.165) is 18.8 Å². The first-order chi connectivity index (χ1) is 8.06. The average molecular weight is 233 g/mol. The second-order valence-corrected chi connectivity index (χ2v) is 4.71. The molecule has 1 fully saturated rings. The number of hydrogen-bond acceptors (Lipinski definition) is 4. The fraction of sp³-hybridized carbons (Fsp3) is 0.462. The van der Waals surface area contributed by atoms with E-state index in [0.29, 0.717) is 12.1 Å². The Balaban J connectivity index is 2.14. The lowest BCUT2D eigenvalue weighted by atomic mass is 10.1. The van der Waals surface area contributed by atoms with Crippen molar-refractivity contribution in [1.82, 2.24) is 5.32 Å². The zero-order chi connectivity index (χ0) is 12.4. The van der Waals surface area contributed by atoms with Gasteiger partial charge in [0.1, 0.15) is 0 Å². The number of carboxylic acid groups (broad SMARTS) is 1. The predicted octanol–water partition coefficient (Wildman–Crippen LogP) is 0.237. The van der Waals surface area contributed by atoms with Crippen LogP contribution >= 0.6 is 0 Å². The van der Waals surface area contributed by atoms with Crippen molar-refractivity contribution in [2.24, 2.45) is 0 Å². The van der Waals surface area contributed by atoms with Gasteiger partial charge in [-0.05, 0) is 31.5 Å². The van der Waals surface area contributed by atoms with E-state index < -0.39 is 5.97 Å². The number of piperazine rings is 1. The number of aromatic carboxylic acids is 1. The van der Waals surface area contributed by atoms with E-state index in [2.05, 4.69) is 24.1 Å². The molecule has 0 aliphatic carbocycles. The van der Waals surface area contributed by atoms with Crippen LogP contribution in [0.5, 0.6) is 0 Å². The van der Waals surface area contributed by atoms with E-state index in [1.165, 1.54) is 0 Å². The van der Waals surface area contributed by atoms with Crippen LogP contribution in [0.25, 0.3) is 0 Å². The van der Waals surface area contributed by atoms with Gasteiger partial charge in [0.2, 0.25) is 0 Å². The monoisotopic (exact) mass is 233 g/mol. The van der Waals surface area contributed by atoms with Gasteiger partial charge in [-0.1, -0.05) is 12.1 Å². The number of nitrogens with zero attached hydrogens (tertiary/aromatic N) is 1. The average Bonchev–Trinajstić information content (AvgIpc) is 2.28. The highest BCUT2D eigenvalue weighted by Crippen LogP contribution is 2.18. The molecule has 2 atom stereocenters. The number of rotatable bonds is 2. The molecule has 1 heterocycles. The summed E-state index contributed by atoms with van der Waals surface area (Å²) in [7, 11) is 0. The molecule has 1 aliphatic rings. The minimum Gasteiger partial charge on any atom is -0.545 e. The van der Waals surface area contributed by atoms with Gasteiger partial charge < -0.3 is 20.1 Å². The molecule has 1 N–H and O–H groups in total. The van der Waals surface area contributed by atoms with Crippen LogP contribution in [-0.4, -0.2) is 31.1 Å². The predicted molar refractivity (Wildman–Crippen MR) is 65.0 cm³/mol. The highest BCUT2D eigenvalue weighted by Gasteiger charge is 2.20. The minimum atomic E-state index is -1.13. The van der Waals surface area contributed by atoms with Crippen LogP contribution in [0.2, 0.25) is 0 Å². The third kappa shape index (κ3) is 2.77. The molecule has 92 valence electrons. The van der Waals surface area contributed by atoms with Gasteiger partial charge in [-0.15, -0.1) is 0 Å². The molecule has 1 aliphatic heterocycles. The van der Waals surface area contributed by atoms with Crippen LogP contribution in [0.15, 0.2) is 24.3 Å². The van der Waals surface area contributed by atoms with E-state index in [-0.39, 0.29) is 5.56 Å². The van der Waals surface area contributed by atoms with E-state index in [1.807, 2.05) is 12.1 Å². The van der Waals surface area contributed by atoms with Crippen molar-refractivity contribution in [2.45, 2.75) is 25.9 Å². The molecule has 4 heteroatoms. The van der Waals surface area contributed by atoms with Crippen molar-refractivity contribution < 1.29 is 9.90 Å². The Bertz CT molecular complexity index is 392. The number of nitrogens with one attached hydrogen (secondary N) is 1. The summed E-state index contributed by atoms with van der Waals surface area (Å²) in [4.78, 5) is 12.9.